The molecule has 2 rings (SSSR count). The summed E-state index contributed by atoms with van der Waals surface area (Å²) in [5, 5.41) is 0. The van der Waals surface area contributed by atoms with Crippen molar-refractivity contribution in [1.82, 2.24) is 4.90 Å². The van der Waals surface area contributed by atoms with Gasteiger partial charge >= 0.3 is 5.97 Å². The number of carbonyl (C=O) groups is 1. The van der Waals surface area contributed by atoms with Gasteiger partial charge in [-0.1, -0.05) is 0 Å². The molecule has 0 bridgehead atoms. The summed E-state index contributed by atoms with van der Waals surface area (Å²) in [6, 6.07) is 1.96. The molecule has 17 heavy (non-hydrogen) atoms. The van der Waals surface area contributed by atoms with Crippen LogP contribution in [0, 0.1) is 0 Å². The molecule has 2 N–H and O–H groups in total. The van der Waals surface area contributed by atoms with Crippen molar-refractivity contribution in [2.24, 2.45) is 5.73 Å². The highest BCUT2D eigenvalue weighted by Gasteiger charge is 2.21. The standard InChI is InChI=1S/C12H18N2O3/c1-16-12(15)10-4-7-17-11(10)8-14-5-2-9(13)3-6-14/h4,7,9H,2-3,5-6,8,13H2,1H3. The summed E-state index contributed by atoms with van der Waals surface area (Å²) in [6.07, 6.45) is 3.51. The van der Waals surface area contributed by atoms with Crippen molar-refractivity contribution in [3.8, 4) is 0 Å². The molecule has 0 aromatic carbocycles. The Balaban J connectivity index is 1.99. The van der Waals surface area contributed by atoms with Crippen LogP contribution in [0.2, 0.25) is 0 Å². The van der Waals surface area contributed by atoms with Crippen molar-refractivity contribution in [3.05, 3.63) is 23.7 Å². The Hall–Kier alpha value is -1.33. The van der Waals surface area contributed by atoms with Crippen molar-refractivity contribution in [1.29, 1.82) is 0 Å². The van der Waals surface area contributed by atoms with E-state index in [4.69, 9.17) is 14.9 Å². The lowest BCUT2D eigenvalue weighted by molar-refractivity contribution is 0.0595. The van der Waals surface area contributed by atoms with Gasteiger partial charge in [0, 0.05) is 19.1 Å². The van der Waals surface area contributed by atoms with Crippen molar-refractivity contribution < 1.29 is 13.9 Å². The predicted molar refractivity (Wildman–Crippen MR) is 62.5 cm³/mol. The van der Waals surface area contributed by atoms with Gasteiger partial charge in [-0.25, -0.2) is 4.79 Å². The molecule has 0 amide bonds. The zero-order valence-corrected chi connectivity index (χ0v) is 10.0. The molecule has 94 valence electrons. The number of nitrogens with two attached hydrogens (primary N) is 1. The topological polar surface area (TPSA) is 68.7 Å². The smallest absolute Gasteiger partial charge is 0.341 e. The normalized spacial score (nSPS) is 18.2. The Kier molecular flexibility index (Phi) is 3.81. The zero-order valence-electron chi connectivity index (χ0n) is 10.0. The quantitative estimate of drug-likeness (QED) is 0.795. The third-order valence-corrected chi connectivity index (χ3v) is 3.15. The van der Waals surface area contributed by atoms with Gasteiger partial charge in [-0.3, -0.25) is 4.90 Å². The molecule has 0 atom stereocenters. The van der Waals surface area contributed by atoms with Crippen LogP contribution in [0.3, 0.4) is 0 Å². The van der Waals surface area contributed by atoms with E-state index < -0.39 is 0 Å². The summed E-state index contributed by atoms with van der Waals surface area (Å²) in [5.74, 6) is 0.329. The number of carbonyl (C=O) groups excluding carboxylic acids is 1. The van der Waals surface area contributed by atoms with Crippen molar-refractivity contribution >= 4 is 5.97 Å². The molecule has 1 aliphatic rings. The number of ether oxygens (including phenoxy) is 1. The van der Waals surface area contributed by atoms with Gasteiger partial charge in [0.05, 0.1) is 19.9 Å². The van der Waals surface area contributed by atoms with E-state index in [2.05, 4.69) is 4.90 Å². The minimum atomic E-state index is -0.345. The van der Waals surface area contributed by atoms with Crippen LogP contribution in [0.5, 0.6) is 0 Å². The molecule has 1 aliphatic heterocycles. The Labute approximate surface area is 101 Å². The number of hydrogen-bond acceptors (Lipinski definition) is 5. The lowest BCUT2D eigenvalue weighted by Crippen LogP contribution is -2.39. The molecule has 1 aromatic heterocycles. The van der Waals surface area contributed by atoms with Crippen LogP contribution in [-0.2, 0) is 11.3 Å². The minimum Gasteiger partial charge on any atom is -0.467 e. The van der Waals surface area contributed by atoms with Crippen molar-refractivity contribution in [2.75, 3.05) is 20.2 Å². The van der Waals surface area contributed by atoms with Gasteiger partial charge in [-0.15, -0.1) is 0 Å². The molecular weight excluding hydrogens is 220 g/mol. The van der Waals surface area contributed by atoms with Gasteiger partial charge in [0.1, 0.15) is 11.3 Å². The molecule has 2 heterocycles. The molecule has 1 aromatic rings. The van der Waals surface area contributed by atoms with E-state index in [9.17, 15) is 4.79 Å². The minimum absolute atomic E-state index is 0.308. The van der Waals surface area contributed by atoms with E-state index in [0.29, 0.717) is 23.9 Å². The second-order valence-corrected chi connectivity index (χ2v) is 4.36. The lowest BCUT2D eigenvalue weighted by Gasteiger charge is -2.29. The SMILES string of the molecule is COC(=O)c1ccoc1CN1CCC(N)CC1. The first-order valence-electron chi connectivity index (χ1n) is 5.83. The molecular formula is C12H18N2O3. The Morgan fingerprint density at radius 2 is 2.29 bits per heavy atom. The molecule has 0 spiro atoms. The van der Waals surface area contributed by atoms with Gasteiger partial charge in [-0.05, 0) is 18.9 Å². The van der Waals surface area contributed by atoms with Crippen LogP contribution in [0.25, 0.3) is 0 Å². The van der Waals surface area contributed by atoms with E-state index >= 15 is 0 Å². The highest BCUT2D eigenvalue weighted by Crippen LogP contribution is 2.17. The zero-order chi connectivity index (χ0) is 12.3. The monoisotopic (exact) mass is 238 g/mol. The first-order valence-corrected chi connectivity index (χ1v) is 5.83. The van der Waals surface area contributed by atoms with Crippen LogP contribution in [0.1, 0.15) is 29.0 Å². The number of hydrogen-bond donors (Lipinski definition) is 1. The summed E-state index contributed by atoms with van der Waals surface area (Å²) < 4.78 is 10.0. The maximum atomic E-state index is 11.5. The summed E-state index contributed by atoms with van der Waals surface area (Å²) in [4.78, 5) is 13.7. The average molecular weight is 238 g/mol. The van der Waals surface area contributed by atoms with Gasteiger partial charge in [0.15, 0.2) is 0 Å². The summed E-state index contributed by atoms with van der Waals surface area (Å²) >= 11 is 0. The Bertz CT molecular complexity index is 381. The van der Waals surface area contributed by atoms with Gasteiger partial charge in [0.25, 0.3) is 0 Å². The number of rotatable bonds is 3. The molecule has 0 aliphatic carbocycles. The lowest BCUT2D eigenvalue weighted by atomic mass is 10.1. The largest absolute Gasteiger partial charge is 0.467 e. The van der Waals surface area contributed by atoms with Gasteiger partial charge in [0.2, 0.25) is 0 Å². The number of piperidine rings is 1. The van der Waals surface area contributed by atoms with E-state index in [0.717, 1.165) is 25.9 Å². The highest BCUT2D eigenvalue weighted by molar-refractivity contribution is 5.90. The van der Waals surface area contributed by atoms with Gasteiger partial charge < -0.3 is 14.9 Å². The van der Waals surface area contributed by atoms with E-state index in [1.54, 1.807) is 6.07 Å². The highest BCUT2D eigenvalue weighted by atomic mass is 16.5. The second-order valence-electron chi connectivity index (χ2n) is 4.36. The maximum absolute atomic E-state index is 11.5. The van der Waals surface area contributed by atoms with Crippen LogP contribution < -0.4 is 5.73 Å². The number of furan rings is 1. The molecule has 5 nitrogen and oxygen atoms in total. The predicted octanol–water partition coefficient (Wildman–Crippen LogP) is 0.989. The third-order valence-electron chi connectivity index (χ3n) is 3.15. The Morgan fingerprint density at radius 1 is 1.59 bits per heavy atom. The van der Waals surface area contributed by atoms with Crippen LogP contribution in [-0.4, -0.2) is 37.1 Å². The fourth-order valence-corrected chi connectivity index (χ4v) is 2.07. The van der Waals surface area contributed by atoms with Crippen LogP contribution in [0.15, 0.2) is 16.7 Å². The second kappa shape index (κ2) is 5.33. The number of nitrogens with zero attached hydrogens (tertiary/aromatic N) is 1. The first kappa shape index (κ1) is 12.1. The van der Waals surface area contributed by atoms with E-state index in [-0.39, 0.29) is 5.97 Å². The molecule has 1 fully saturated rings. The van der Waals surface area contributed by atoms with E-state index in [1.165, 1.54) is 13.4 Å². The van der Waals surface area contributed by atoms with Crippen molar-refractivity contribution in [2.45, 2.75) is 25.4 Å². The fraction of sp³-hybridized carbons (Fsp3) is 0.583. The molecule has 1 saturated heterocycles. The van der Waals surface area contributed by atoms with Gasteiger partial charge in [-0.2, -0.15) is 0 Å². The number of likely N-dealkylation sites (tertiary alicyclic amines) is 1. The molecule has 5 heteroatoms. The van der Waals surface area contributed by atoms with Crippen LogP contribution >= 0.6 is 0 Å². The molecule has 0 unspecified atom stereocenters. The third kappa shape index (κ3) is 2.87. The first-order chi connectivity index (χ1) is 8.20. The van der Waals surface area contributed by atoms with Crippen LogP contribution in [0.4, 0.5) is 0 Å². The summed E-state index contributed by atoms with van der Waals surface area (Å²) in [7, 11) is 1.37. The average Bonchev–Trinajstić information content (AvgIpc) is 2.79. The Morgan fingerprint density at radius 3 is 2.94 bits per heavy atom. The summed E-state index contributed by atoms with van der Waals surface area (Å²) in [5.41, 5.74) is 6.36. The van der Waals surface area contributed by atoms with Crippen molar-refractivity contribution in [3.63, 3.8) is 0 Å². The summed E-state index contributed by atoms with van der Waals surface area (Å²) in [6.45, 7) is 2.54. The maximum Gasteiger partial charge on any atom is 0.341 e. The van der Waals surface area contributed by atoms with E-state index in [1.807, 2.05) is 0 Å². The molecule has 0 saturated carbocycles. The fourth-order valence-electron chi connectivity index (χ4n) is 2.07. The molecule has 0 radical (unpaired) electrons. The number of esters is 1. The number of methoxy groups -OCH3 is 1.